The van der Waals surface area contributed by atoms with Crippen LogP contribution < -0.4 is 0 Å². The van der Waals surface area contributed by atoms with E-state index in [1.54, 1.807) is 16.2 Å². The van der Waals surface area contributed by atoms with E-state index in [1.807, 2.05) is 29.2 Å². The molecule has 2 aliphatic rings. The molecule has 2 aromatic carbocycles. The van der Waals surface area contributed by atoms with Crippen LogP contribution in [-0.2, 0) is 11.2 Å². The van der Waals surface area contributed by atoms with Crippen molar-refractivity contribution in [1.29, 1.82) is 0 Å². The lowest BCUT2D eigenvalue weighted by Crippen LogP contribution is -2.47. The van der Waals surface area contributed by atoms with Crippen molar-refractivity contribution in [2.75, 3.05) is 13.1 Å². The first kappa shape index (κ1) is 21.4. The minimum atomic E-state index is -0.0954. The van der Waals surface area contributed by atoms with Gasteiger partial charge >= 0.3 is 0 Å². The number of carbonyl (C=O) groups excluding carboxylic acids is 2. The minimum absolute atomic E-state index is 0.0183. The lowest BCUT2D eigenvalue weighted by Gasteiger charge is -2.37. The van der Waals surface area contributed by atoms with Crippen molar-refractivity contribution in [2.45, 2.75) is 38.3 Å². The summed E-state index contributed by atoms with van der Waals surface area (Å²) in [4.78, 5) is 32.0. The maximum absolute atomic E-state index is 13.6. The molecule has 1 fully saturated rings. The van der Waals surface area contributed by atoms with E-state index in [-0.39, 0.29) is 30.4 Å². The number of aryl methyl sites for hydroxylation is 1. The van der Waals surface area contributed by atoms with Gasteiger partial charge in [0.1, 0.15) is 6.54 Å². The molecule has 1 atom stereocenters. The van der Waals surface area contributed by atoms with E-state index in [2.05, 4.69) is 58.6 Å². The Bertz CT molecular complexity index is 1140. The quantitative estimate of drug-likeness (QED) is 0.450. The molecular formula is C26H25BrN2O2S. The molecule has 164 valence electrons. The van der Waals surface area contributed by atoms with E-state index in [0.717, 1.165) is 29.3 Å². The van der Waals surface area contributed by atoms with Crippen LogP contribution in [0.3, 0.4) is 0 Å². The van der Waals surface area contributed by atoms with Crippen molar-refractivity contribution in [2.24, 2.45) is 0 Å². The summed E-state index contributed by atoms with van der Waals surface area (Å²) < 4.78 is 0.934. The summed E-state index contributed by atoms with van der Waals surface area (Å²) in [7, 11) is 0. The first-order chi connectivity index (χ1) is 15.5. The van der Waals surface area contributed by atoms with Crippen LogP contribution in [0.25, 0.3) is 0 Å². The van der Waals surface area contributed by atoms with Crippen molar-refractivity contribution >= 4 is 39.1 Å². The van der Waals surface area contributed by atoms with Crippen LogP contribution in [0.15, 0.2) is 64.5 Å². The number of hydrogen-bond acceptors (Lipinski definition) is 3. The molecule has 0 N–H and O–H groups in total. The molecule has 1 aromatic heterocycles. The summed E-state index contributed by atoms with van der Waals surface area (Å²) in [6, 6.07) is 18.0. The van der Waals surface area contributed by atoms with Crippen molar-refractivity contribution < 1.29 is 9.59 Å². The van der Waals surface area contributed by atoms with Crippen molar-refractivity contribution in [3.05, 3.63) is 91.6 Å². The fourth-order valence-corrected chi connectivity index (χ4v) is 5.61. The number of carbonyl (C=O) groups is 2. The number of rotatable bonds is 5. The van der Waals surface area contributed by atoms with Crippen LogP contribution in [0, 0.1) is 6.92 Å². The SMILES string of the molecule is Cc1ccc(C2c3ccsc3CCN2C(=O)CN(C(=O)c2ccc(Br)cc2)C2CC2)cc1. The molecule has 0 saturated heterocycles. The summed E-state index contributed by atoms with van der Waals surface area (Å²) >= 11 is 5.19. The fourth-order valence-electron chi connectivity index (χ4n) is 4.44. The van der Waals surface area contributed by atoms with Gasteiger partial charge in [0.15, 0.2) is 0 Å². The molecule has 1 unspecified atom stereocenters. The predicted molar refractivity (Wildman–Crippen MR) is 131 cm³/mol. The summed E-state index contributed by atoms with van der Waals surface area (Å²) in [5.74, 6) is -0.0433. The number of halogens is 1. The van der Waals surface area contributed by atoms with E-state index in [1.165, 1.54) is 16.0 Å². The smallest absolute Gasteiger partial charge is 0.254 e. The average Bonchev–Trinajstić information content (AvgIpc) is 3.53. The summed E-state index contributed by atoms with van der Waals surface area (Å²) in [5, 5.41) is 2.12. The van der Waals surface area contributed by atoms with Crippen LogP contribution in [0.2, 0.25) is 0 Å². The van der Waals surface area contributed by atoms with Crippen LogP contribution in [0.1, 0.15) is 50.8 Å². The largest absolute Gasteiger partial charge is 0.330 e. The predicted octanol–water partition coefficient (Wildman–Crippen LogP) is 5.60. The van der Waals surface area contributed by atoms with Gasteiger partial charge in [-0.25, -0.2) is 0 Å². The highest BCUT2D eigenvalue weighted by Crippen LogP contribution is 2.38. The Hall–Kier alpha value is -2.44. The van der Waals surface area contributed by atoms with Gasteiger partial charge < -0.3 is 9.80 Å². The summed E-state index contributed by atoms with van der Waals surface area (Å²) in [5.41, 5.74) is 4.17. The molecule has 2 amide bonds. The van der Waals surface area contributed by atoms with Gasteiger partial charge in [0.05, 0.1) is 6.04 Å². The zero-order valence-corrected chi connectivity index (χ0v) is 20.4. The number of nitrogens with zero attached hydrogens (tertiary/aromatic N) is 2. The van der Waals surface area contributed by atoms with E-state index >= 15 is 0 Å². The van der Waals surface area contributed by atoms with Crippen LogP contribution in [0.4, 0.5) is 0 Å². The van der Waals surface area contributed by atoms with Crippen molar-refractivity contribution in [1.82, 2.24) is 9.80 Å². The zero-order valence-electron chi connectivity index (χ0n) is 18.0. The average molecular weight is 509 g/mol. The van der Waals surface area contributed by atoms with Crippen LogP contribution in [-0.4, -0.2) is 40.7 Å². The Morgan fingerprint density at radius 3 is 2.47 bits per heavy atom. The Morgan fingerprint density at radius 1 is 1.06 bits per heavy atom. The van der Waals surface area contributed by atoms with Gasteiger partial charge in [0.2, 0.25) is 5.91 Å². The van der Waals surface area contributed by atoms with Crippen LogP contribution >= 0.6 is 27.3 Å². The molecule has 0 spiro atoms. The Morgan fingerprint density at radius 2 is 1.78 bits per heavy atom. The zero-order chi connectivity index (χ0) is 22.2. The van der Waals surface area contributed by atoms with Gasteiger partial charge in [-0.15, -0.1) is 11.3 Å². The monoisotopic (exact) mass is 508 g/mol. The summed E-state index contributed by atoms with van der Waals surface area (Å²) in [6.07, 6.45) is 2.79. The van der Waals surface area contributed by atoms with Gasteiger partial charge in [-0.05, 0) is 73.0 Å². The normalized spacial score (nSPS) is 17.7. The Balaban J connectivity index is 1.42. The number of fused-ring (bicyclic) bond motifs is 1. The highest BCUT2D eigenvalue weighted by atomic mass is 79.9. The molecule has 1 aliphatic carbocycles. The maximum atomic E-state index is 13.6. The molecule has 32 heavy (non-hydrogen) atoms. The molecular weight excluding hydrogens is 484 g/mol. The molecule has 4 nitrogen and oxygen atoms in total. The Kier molecular flexibility index (Phi) is 5.91. The van der Waals surface area contributed by atoms with E-state index in [4.69, 9.17) is 0 Å². The van der Waals surface area contributed by atoms with E-state index in [9.17, 15) is 9.59 Å². The minimum Gasteiger partial charge on any atom is -0.330 e. The van der Waals surface area contributed by atoms with Crippen LogP contribution in [0.5, 0.6) is 0 Å². The molecule has 5 rings (SSSR count). The highest BCUT2D eigenvalue weighted by molar-refractivity contribution is 9.10. The molecule has 0 radical (unpaired) electrons. The lowest BCUT2D eigenvalue weighted by molar-refractivity contribution is -0.134. The molecule has 1 aliphatic heterocycles. The number of hydrogen-bond donors (Lipinski definition) is 0. The fraction of sp³-hybridized carbons (Fsp3) is 0.308. The molecule has 3 aromatic rings. The van der Waals surface area contributed by atoms with Gasteiger partial charge in [-0.3, -0.25) is 9.59 Å². The van der Waals surface area contributed by atoms with Gasteiger partial charge in [-0.2, -0.15) is 0 Å². The molecule has 6 heteroatoms. The third kappa shape index (κ3) is 4.26. The highest BCUT2D eigenvalue weighted by Gasteiger charge is 2.38. The number of thiophene rings is 1. The van der Waals surface area contributed by atoms with E-state index in [0.29, 0.717) is 12.1 Å². The third-order valence-corrected chi connectivity index (χ3v) is 7.85. The second-order valence-corrected chi connectivity index (χ2v) is 10.5. The topological polar surface area (TPSA) is 40.6 Å². The van der Waals surface area contributed by atoms with Crippen molar-refractivity contribution in [3.63, 3.8) is 0 Å². The van der Waals surface area contributed by atoms with Gasteiger partial charge in [0, 0.05) is 27.5 Å². The van der Waals surface area contributed by atoms with E-state index < -0.39 is 0 Å². The second kappa shape index (κ2) is 8.83. The molecule has 1 saturated carbocycles. The standard InChI is InChI=1S/C26H25BrN2O2S/c1-17-2-4-18(5-3-17)25-22-13-15-32-23(22)12-14-28(25)24(30)16-29(21-10-11-21)26(31)19-6-8-20(27)9-7-19/h2-9,13,15,21,25H,10-12,14,16H2,1H3. The lowest BCUT2D eigenvalue weighted by atomic mass is 9.92. The Labute approximate surface area is 201 Å². The number of amides is 2. The van der Waals surface area contributed by atoms with Gasteiger partial charge in [-0.1, -0.05) is 45.8 Å². The third-order valence-electron chi connectivity index (χ3n) is 6.32. The molecule has 0 bridgehead atoms. The van der Waals surface area contributed by atoms with Gasteiger partial charge in [0.25, 0.3) is 5.91 Å². The maximum Gasteiger partial charge on any atom is 0.254 e. The van der Waals surface area contributed by atoms with Crippen molar-refractivity contribution in [3.8, 4) is 0 Å². The first-order valence-corrected chi connectivity index (χ1v) is 12.7. The summed E-state index contributed by atoms with van der Waals surface area (Å²) in [6.45, 7) is 2.88. The first-order valence-electron chi connectivity index (χ1n) is 11.0. The number of benzene rings is 2. The second-order valence-electron chi connectivity index (χ2n) is 8.62. The molecule has 2 heterocycles.